The molecule has 6 nitrogen and oxygen atoms in total. The van der Waals surface area contributed by atoms with E-state index in [1.54, 1.807) is 5.38 Å². The third-order valence-corrected chi connectivity index (χ3v) is 5.71. The maximum Gasteiger partial charge on any atom is 0.270 e. The van der Waals surface area contributed by atoms with E-state index in [9.17, 15) is 4.79 Å². The quantitative estimate of drug-likeness (QED) is 0.596. The number of carbonyl (C=O) groups is 1. The molecule has 1 aromatic carbocycles. The third kappa shape index (κ3) is 4.44. The monoisotopic (exact) mass is 407 g/mol. The van der Waals surface area contributed by atoms with E-state index in [-0.39, 0.29) is 5.91 Å². The van der Waals surface area contributed by atoms with Gasteiger partial charge in [0.25, 0.3) is 5.91 Å². The van der Waals surface area contributed by atoms with Crippen molar-refractivity contribution in [2.24, 2.45) is 0 Å². The van der Waals surface area contributed by atoms with Gasteiger partial charge in [-0.1, -0.05) is 36.4 Å². The predicted molar refractivity (Wildman–Crippen MR) is 105 cm³/mol. The van der Waals surface area contributed by atoms with Gasteiger partial charge in [-0.3, -0.25) is 9.36 Å². The topological polar surface area (TPSA) is 72.7 Å². The molecule has 9 heteroatoms. The van der Waals surface area contributed by atoms with Gasteiger partial charge in [-0.15, -0.1) is 21.5 Å². The Morgan fingerprint density at radius 2 is 2.23 bits per heavy atom. The number of aryl methyl sites for hydroxylation is 1. The molecule has 0 unspecified atom stereocenters. The number of hydrogen-bond acceptors (Lipinski definition) is 6. The van der Waals surface area contributed by atoms with Gasteiger partial charge in [0.2, 0.25) is 0 Å². The van der Waals surface area contributed by atoms with Crippen LogP contribution in [0.4, 0.5) is 0 Å². The fourth-order valence-corrected chi connectivity index (χ4v) is 4.26. The molecule has 0 aliphatic rings. The summed E-state index contributed by atoms with van der Waals surface area (Å²) in [5, 5.41) is 15.3. The summed E-state index contributed by atoms with van der Waals surface area (Å²) in [6, 6.07) is 7.57. The SMILES string of the molecule is CCCNC(=O)c1csc(CSc2nnc(C)n2-c2cccc(Cl)c2)n1. The molecule has 2 aromatic heterocycles. The van der Waals surface area contributed by atoms with E-state index in [0.29, 0.717) is 23.0 Å². The first-order valence-electron chi connectivity index (χ1n) is 8.12. The molecule has 0 radical (unpaired) electrons. The summed E-state index contributed by atoms with van der Waals surface area (Å²) in [7, 11) is 0. The number of rotatable bonds is 7. The van der Waals surface area contributed by atoms with Crippen LogP contribution in [0, 0.1) is 6.92 Å². The van der Waals surface area contributed by atoms with Gasteiger partial charge in [0, 0.05) is 16.9 Å². The van der Waals surface area contributed by atoms with Crippen LogP contribution in [0.5, 0.6) is 0 Å². The van der Waals surface area contributed by atoms with Gasteiger partial charge in [-0.25, -0.2) is 4.98 Å². The molecule has 3 rings (SSSR count). The molecule has 2 heterocycles. The number of thioether (sulfide) groups is 1. The predicted octanol–water partition coefficient (Wildman–Crippen LogP) is 4.12. The Labute approximate surface area is 165 Å². The van der Waals surface area contributed by atoms with Crippen LogP contribution in [0.3, 0.4) is 0 Å². The molecule has 1 N–H and O–H groups in total. The lowest BCUT2D eigenvalue weighted by atomic mass is 10.3. The molecule has 0 aliphatic heterocycles. The second kappa shape index (κ2) is 8.66. The first-order chi connectivity index (χ1) is 12.6. The van der Waals surface area contributed by atoms with Gasteiger partial charge >= 0.3 is 0 Å². The van der Waals surface area contributed by atoms with E-state index < -0.39 is 0 Å². The highest BCUT2D eigenvalue weighted by molar-refractivity contribution is 7.98. The van der Waals surface area contributed by atoms with Gasteiger partial charge < -0.3 is 5.32 Å². The van der Waals surface area contributed by atoms with Gasteiger partial charge in [-0.2, -0.15) is 0 Å². The Bertz CT molecular complexity index is 908. The van der Waals surface area contributed by atoms with E-state index in [1.165, 1.54) is 23.1 Å². The lowest BCUT2D eigenvalue weighted by Gasteiger charge is -2.08. The van der Waals surface area contributed by atoms with Gasteiger partial charge in [0.15, 0.2) is 5.16 Å². The van der Waals surface area contributed by atoms with Crippen LogP contribution in [-0.4, -0.2) is 32.2 Å². The van der Waals surface area contributed by atoms with E-state index in [2.05, 4.69) is 20.5 Å². The van der Waals surface area contributed by atoms with E-state index in [0.717, 1.165) is 28.1 Å². The van der Waals surface area contributed by atoms with Crippen molar-refractivity contribution in [3.05, 3.63) is 51.2 Å². The second-order valence-electron chi connectivity index (χ2n) is 5.52. The summed E-state index contributed by atoms with van der Waals surface area (Å²) >= 11 is 9.10. The van der Waals surface area contributed by atoms with Crippen LogP contribution in [-0.2, 0) is 5.75 Å². The number of amides is 1. The molecule has 0 aliphatic carbocycles. The Kier molecular flexibility index (Phi) is 6.29. The lowest BCUT2D eigenvalue weighted by Crippen LogP contribution is -2.24. The number of aromatic nitrogens is 4. The fraction of sp³-hybridized carbons (Fsp3) is 0.294. The smallest absolute Gasteiger partial charge is 0.270 e. The number of hydrogen-bond donors (Lipinski definition) is 1. The Morgan fingerprint density at radius 1 is 1.38 bits per heavy atom. The minimum Gasteiger partial charge on any atom is -0.351 e. The molecule has 0 spiro atoms. The van der Waals surface area contributed by atoms with Crippen molar-refractivity contribution in [1.82, 2.24) is 25.1 Å². The number of halogens is 1. The van der Waals surface area contributed by atoms with Crippen LogP contribution in [0.25, 0.3) is 5.69 Å². The van der Waals surface area contributed by atoms with Crippen molar-refractivity contribution in [1.29, 1.82) is 0 Å². The normalized spacial score (nSPS) is 10.9. The second-order valence-corrected chi connectivity index (χ2v) is 7.84. The Morgan fingerprint density at radius 3 is 3.00 bits per heavy atom. The van der Waals surface area contributed by atoms with Crippen molar-refractivity contribution in [3.8, 4) is 5.69 Å². The van der Waals surface area contributed by atoms with Crippen LogP contribution >= 0.6 is 34.7 Å². The number of nitrogens with one attached hydrogen (secondary N) is 1. The molecule has 3 aromatic rings. The third-order valence-electron chi connectivity index (χ3n) is 3.51. The average Bonchev–Trinajstić information content (AvgIpc) is 3.24. The van der Waals surface area contributed by atoms with Crippen molar-refractivity contribution >= 4 is 40.6 Å². The summed E-state index contributed by atoms with van der Waals surface area (Å²) in [6.45, 7) is 4.57. The van der Waals surface area contributed by atoms with E-state index in [4.69, 9.17) is 11.6 Å². The first kappa shape index (κ1) is 18.9. The zero-order valence-corrected chi connectivity index (χ0v) is 16.8. The fourth-order valence-electron chi connectivity index (χ4n) is 2.29. The first-order valence-corrected chi connectivity index (χ1v) is 10.4. The molecule has 1 amide bonds. The minimum absolute atomic E-state index is 0.128. The van der Waals surface area contributed by atoms with Gasteiger partial charge in [-0.05, 0) is 31.5 Å². The van der Waals surface area contributed by atoms with E-state index >= 15 is 0 Å². The van der Waals surface area contributed by atoms with Crippen molar-refractivity contribution in [2.45, 2.75) is 31.2 Å². The Balaban J connectivity index is 1.71. The molecule has 0 saturated carbocycles. The largest absolute Gasteiger partial charge is 0.351 e. The summed E-state index contributed by atoms with van der Waals surface area (Å²) in [4.78, 5) is 16.4. The maximum atomic E-state index is 12.0. The minimum atomic E-state index is -0.128. The average molecular weight is 408 g/mol. The maximum absolute atomic E-state index is 12.0. The van der Waals surface area contributed by atoms with E-state index in [1.807, 2.05) is 42.7 Å². The molecule has 26 heavy (non-hydrogen) atoms. The van der Waals surface area contributed by atoms with Gasteiger partial charge in [0.1, 0.15) is 16.5 Å². The van der Waals surface area contributed by atoms with Crippen molar-refractivity contribution < 1.29 is 4.79 Å². The van der Waals surface area contributed by atoms with Crippen molar-refractivity contribution in [3.63, 3.8) is 0 Å². The summed E-state index contributed by atoms with van der Waals surface area (Å²) in [6.07, 6.45) is 0.900. The number of carbonyl (C=O) groups excluding carboxylic acids is 1. The highest BCUT2D eigenvalue weighted by atomic mass is 35.5. The zero-order chi connectivity index (χ0) is 18.5. The number of benzene rings is 1. The number of thiazole rings is 1. The summed E-state index contributed by atoms with van der Waals surface area (Å²) < 4.78 is 1.96. The van der Waals surface area contributed by atoms with Crippen LogP contribution < -0.4 is 5.32 Å². The van der Waals surface area contributed by atoms with Crippen LogP contribution in [0.2, 0.25) is 5.02 Å². The molecule has 0 fully saturated rings. The van der Waals surface area contributed by atoms with Crippen LogP contribution in [0.15, 0.2) is 34.8 Å². The highest BCUT2D eigenvalue weighted by Crippen LogP contribution is 2.27. The molecular formula is C17H18ClN5OS2. The zero-order valence-electron chi connectivity index (χ0n) is 14.4. The summed E-state index contributed by atoms with van der Waals surface area (Å²) in [5.74, 6) is 1.27. The van der Waals surface area contributed by atoms with Crippen LogP contribution in [0.1, 0.15) is 34.7 Å². The molecule has 0 bridgehead atoms. The van der Waals surface area contributed by atoms with Crippen molar-refractivity contribution in [2.75, 3.05) is 6.54 Å². The molecule has 136 valence electrons. The highest BCUT2D eigenvalue weighted by Gasteiger charge is 2.14. The molecule has 0 saturated heterocycles. The Hall–Kier alpha value is -1.90. The standard InChI is InChI=1S/C17H18ClN5OS2/c1-3-7-19-16(24)14-9-25-15(20-14)10-26-17-22-21-11(2)23(17)13-6-4-5-12(18)8-13/h4-6,8-9H,3,7,10H2,1-2H3,(H,19,24). The molecular weight excluding hydrogens is 390 g/mol. The molecule has 0 atom stereocenters. The van der Waals surface area contributed by atoms with Gasteiger partial charge in [0.05, 0.1) is 11.4 Å². The number of nitrogens with zero attached hydrogens (tertiary/aromatic N) is 4. The lowest BCUT2D eigenvalue weighted by molar-refractivity contribution is 0.0949. The summed E-state index contributed by atoms with van der Waals surface area (Å²) in [5.41, 5.74) is 1.38.